The Kier molecular flexibility index (Phi) is 7.85. The Morgan fingerprint density at radius 1 is 1.22 bits per heavy atom. The van der Waals surface area contributed by atoms with Crippen LogP contribution in [0.2, 0.25) is 0 Å². The molecule has 2 N–H and O–H groups in total. The molecule has 1 amide bonds. The summed E-state index contributed by atoms with van der Waals surface area (Å²) in [4.78, 5) is 39.4. The van der Waals surface area contributed by atoms with Crippen LogP contribution in [0.25, 0.3) is 16.9 Å². The first-order chi connectivity index (χ1) is 19.5. The van der Waals surface area contributed by atoms with Crippen LogP contribution in [0.5, 0.6) is 5.75 Å². The third-order valence-corrected chi connectivity index (χ3v) is 8.82. The second-order valence-electron chi connectivity index (χ2n) is 9.65. The number of hydroxylamine groups is 4. The van der Waals surface area contributed by atoms with Crippen LogP contribution in [0.15, 0.2) is 39.8 Å². The Morgan fingerprint density at radius 2 is 1.95 bits per heavy atom. The molecule has 2 aliphatic rings. The fraction of sp³-hybridized carbons (Fsp3) is 0.440. The van der Waals surface area contributed by atoms with Crippen LogP contribution in [0.1, 0.15) is 31.8 Å². The fourth-order valence-electron chi connectivity index (χ4n) is 4.93. The number of sulfonamides is 1. The summed E-state index contributed by atoms with van der Waals surface area (Å²) >= 11 is 0. The van der Waals surface area contributed by atoms with Crippen molar-refractivity contribution in [1.29, 1.82) is 0 Å². The van der Waals surface area contributed by atoms with E-state index in [2.05, 4.69) is 15.1 Å². The highest BCUT2D eigenvalue weighted by atomic mass is 32.2. The van der Waals surface area contributed by atoms with Gasteiger partial charge in [-0.05, 0) is 38.5 Å². The van der Waals surface area contributed by atoms with Gasteiger partial charge in [0.25, 0.3) is 11.5 Å². The van der Waals surface area contributed by atoms with Gasteiger partial charge in [0.05, 0.1) is 22.8 Å². The molecule has 1 saturated heterocycles. The number of nitrogens with one attached hydrogen (secondary N) is 2. The fourth-order valence-corrected chi connectivity index (χ4v) is 6.38. The van der Waals surface area contributed by atoms with Gasteiger partial charge in [0.2, 0.25) is 10.0 Å². The van der Waals surface area contributed by atoms with Crippen LogP contribution in [0.4, 0.5) is 0 Å². The number of carbonyl (C=O) groups excluding carboxylic acids is 1. The summed E-state index contributed by atoms with van der Waals surface area (Å²) in [5, 5.41) is 16.6. The number of likely N-dealkylation sites (N-methyl/N-ethyl adjacent to an activating group) is 1. The molecule has 15 nitrogen and oxygen atoms in total. The Balaban J connectivity index is 1.45. The number of hydrogen-bond donors (Lipinski definition) is 2. The number of benzene rings is 1. The Labute approximate surface area is 236 Å². The van der Waals surface area contributed by atoms with Gasteiger partial charge in [-0.2, -0.15) is 14.6 Å². The van der Waals surface area contributed by atoms with Crippen molar-refractivity contribution >= 4 is 21.4 Å². The van der Waals surface area contributed by atoms with Gasteiger partial charge in [0.1, 0.15) is 11.6 Å². The lowest BCUT2D eigenvalue weighted by atomic mass is 10.2. The minimum atomic E-state index is -3.98. The van der Waals surface area contributed by atoms with E-state index < -0.39 is 26.7 Å². The first kappa shape index (κ1) is 28.7. The van der Waals surface area contributed by atoms with E-state index in [4.69, 9.17) is 9.68 Å². The molecule has 1 aromatic carbocycles. The zero-order chi connectivity index (χ0) is 29.5. The molecule has 1 fully saturated rings. The van der Waals surface area contributed by atoms with Gasteiger partial charge >= 0.3 is 0 Å². The van der Waals surface area contributed by atoms with E-state index in [0.717, 1.165) is 17.7 Å². The van der Waals surface area contributed by atoms with Crippen LogP contribution in [-0.2, 0) is 26.2 Å². The molecule has 0 aliphatic carbocycles. The molecule has 0 radical (unpaired) electrons. The second-order valence-corrected chi connectivity index (χ2v) is 11.6. The zero-order valence-electron chi connectivity index (χ0n) is 23.2. The Morgan fingerprint density at radius 3 is 2.59 bits per heavy atom. The van der Waals surface area contributed by atoms with Crippen molar-refractivity contribution < 1.29 is 28.1 Å². The molecule has 2 aliphatic heterocycles. The van der Waals surface area contributed by atoms with Gasteiger partial charge in [0, 0.05) is 39.6 Å². The van der Waals surface area contributed by atoms with Crippen molar-refractivity contribution in [3.8, 4) is 17.1 Å². The van der Waals surface area contributed by atoms with Crippen LogP contribution in [-0.4, -0.2) is 88.0 Å². The second kappa shape index (κ2) is 11.2. The van der Waals surface area contributed by atoms with Crippen molar-refractivity contribution in [1.82, 2.24) is 33.9 Å². The lowest BCUT2D eigenvalue weighted by Gasteiger charge is -2.34. The van der Waals surface area contributed by atoms with E-state index in [9.17, 15) is 23.2 Å². The number of H-pyrrole nitrogens is 1. The zero-order valence-corrected chi connectivity index (χ0v) is 24.0. The van der Waals surface area contributed by atoms with Gasteiger partial charge in [-0.1, -0.05) is 11.9 Å². The molecule has 1 unspecified atom stereocenters. The first-order valence-corrected chi connectivity index (χ1v) is 14.7. The smallest absolute Gasteiger partial charge is 0.278 e. The number of imidazole rings is 1. The van der Waals surface area contributed by atoms with E-state index in [1.165, 1.54) is 32.9 Å². The summed E-state index contributed by atoms with van der Waals surface area (Å²) in [6.45, 7) is 6.23. The minimum absolute atomic E-state index is 0.00806. The largest absolute Gasteiger partial charge is 0.593 e. The van der Waals surface area contributed by atoms with Gasteiger partial charge < -0.3 is 19.8 Å². The van der Waals surface area contributed by atoms with Gasteiger partial charge in [-0.25, -0.2) is 17.9 Å². The topological polar surface area (TPSA) is 170 Å². The number of ether oxygens (including phenoxy) is 1. The molecule has 3 aromatic rings. The Hall–Kier alpha value is -3.83. The molecule has 5 rings (SSSR count). The maximum atomic E-state index is 13.7. The molecule has 4 heterocycles. The monoisotopic (exact) mass is 588 g/mol. The maximum absolute atomic E-state index is 13.7. The number of fused-ring (bicyclic) bond motifs is 1. The lowest BCUT2D eigenvalue weighted by molar-refractivity contribution is -1.03. The maximum Gasteiger partial charge on any atom is 0.278 e. The van der Waals surface area contributed by atoms with Crippen LogP contribution in [0, 0.1) is 12.1 Å². The molecular formula is C25H32N8O7S. The SMILES string of the molecule is CCCc1nc(C)c2c(=O)[nH]c(-c3cc(S(=O)(=O)N4CCN(C(=O)C5=C[NH+]([O-])ON5C)CC4)ccc3OCC)nn12. The molecule has 41 heavy (non-hydrogen) atoms. The molecule has 0 saturated carbocycles. The van der Waals surface area contributed by atoms with Crippen LogP contribution < -0.4 is 15.5 Å². The van der Waals surface area contributed by atoms with Crippen molar-refractivity contribution in [2.75, 3.05) is 39.8 Å². The molecule has 2 aromatic heterocycles. The van der Waals surface area contributed by atoms with E-state index in [0.29, 0.717) is 41.4 Å². The number of aromatic amines is 1. The van der Waals surface area contributed by atoms with Crippen LogP contribution >= 0.6 is 0 Å². The Bertz CT molecular complexity index is 1670. The quantitative estimate of drug-likeness (QED) is 0.330. The van der Waals surface area contributed by atoms with Gasteiger partial charge in [-0.3, -0.25) is 9.59 Å². The third-order valence-electron chi connectivity index (χ3n) is 6.93. The number of amides is 1. The number of piperazine rings is 1. The third kappa shape index (κ3) is 5.31. The average molecular weight is 589 g/mol. The number of aryl methyl sites for hydroxylation is 2. The molecule has 220 valence electrons. The van der Waals surface area contributed by atoms with Crippen molar-refractivity contribution in [3.05, 3.63) is 57.2 Å². The number of hydrogen-bond acceptors (Lipinski definition) is 10. The summed E-state index contributed by atoms with van der Waals surface area (Å²) in [6, 6.07) is 4.43. The highest BCUT2D eigenvalue weighted by molar-refractivity contribution is 7.89. The highest BCUT2D eigenvalue weighted by Gasteiger charge is 2.35. The molecular weight excluding hydrogens is 556 g/mol. The predicted molar refractivity (Wildman–Crippen MR) is 146 cm³/mol. The summed E-state index contributed by atoms with van der Waals surface area (Å²) in [5.41, 5.74) is 0.907. The lowest BCUT2D eigenvalue weighted by Crippen LogP contribution is -3.00. The van der Waals surface area contributed by atoms with Crippen molar-refractivity contribution in [3.63, 3.8) is 0 Å². The number of aromatic nitrogens is 4. The average Bonchev–Trinajstić information content (AvgIpc) is 3.46. The normalized spacial score (nSPS) is 18.3. The van der Waals surface area contributed by atoms with E-state index in [1.807, 2.05) is 6.92 Å². The number of quaternary nitrogens is 1. The highest BCUT2D eigenvalue weighted by Crippen LogP contribution is 2.32. The number of nitrogens with zero attached hydrogens (tertiary/aromatic N) is 6. The molecule has 0 spiro atoms. The summed E-state index contributed by atoms with van der Waals surface area (Å²) in [7, 11) is -2.52. The van der Waals surface area contributed by atoms with E-state index >= 15 is 0 Å². The summed E-state index contributed by atoms with van der Waals surface area (Å²) in [6.07, 6.45) is 2.53. The minimum Gasteiger partial charge on any atom is -0.593 e. The van der Waals surface area contributed by atoms with Gasteiger partial charge in [-0.15, -0.1) is 5.10 Å². The molecule has 16 heteroatoms. The van der Waals surface area contributed by atoms with Crippen molar-refractivity contribution in [2.45, 2.75) is 38.5 Å². The molecule has 1 atom stereocenters. The molecule has 0 bridgehead atoms. The van der Waals surface area contributed by atoms with E-state index in [-0.39, 0.29) is 42.6 Å². The standard InChI is InChI=1S/C25H32N8O7S/c1-5-7-21-26-16(3)22-24(34)27-23(28-33(21)22)18-14-17(8-9-20(18)39-6-2)41(37,38)31-12-10-30(11-13-31)25(35)19-15-32(36)40-29(19)4/h8-9,14-15,32H,5-7,10-13H2,1-4H3,(H,27,28,34). The first-order valence-electron chi connectivity index (χ1n) is 13.3. The van der Waals surface area contributed by atoms with Crippen LogP contribution in [0.3, 0.4) is 0 Å². The predicted octanol–water partition coefficient (Wildman–Crippen LogP) is -0.407. The summed E-state index contributed by atoms with van der Waals surface area (Å²) < 4.78 is 35.9. The van der Waals surface area contributed by atoms with Crippen molar-refractivity contribution in [2.24, 2.45) is 0 Å². The van der Waals surface area contributed by atoms with Gasteiger partial charge in [0.15, 0.2) is 23.2 Å². The summed E-state index contributed by atoms with van der Waals surface area (Å²) in [5.74, 6) is 0.737. The van der Waals surface area contributed by atoms with E-state index in [1.54, 1.807) is 19.9 Å². The number of carbonyl (C=O) groups is 1. The number of rotatable bonds is 8.